The molecule has 0 fully saturated rings. The Morgan fingerprint density at radius 2 is 1.95 bits per heavy atom. The normalized spacial score (nSPS) is 10.9. The molecule has 2 N–H and O–H groups in total. The Hall–Kier alpha value is -1.76. The number of fused-ring (bicyclic) bond motifs is 1. The van der Waals surface area contributed by atoms with Crippen LogP contribution in [0.1, 0.15) is 12.6 Å². The van der Waals surface area contributed by atoms with E-state index >= 15 is 0 Å². The quantitative estimate of drug-likeness (QED) is 0.696. The van der Waals surface area contributed by atoms with E-state index in [-0.39, 0.29) is 0 Å². The minimum absolute atomic E-state index is 0.516. The summed E-state index contributed by atoms with van der Waals surface area (Å²) in [6.45, 7) is 2.06. The SMILES string of the molecule is CCc1nc(-c2nccc3ccccc23)nc(N)c1I. The number of pyridine rings is 1. The van der Waals surface area contributed by atoms with Gasteiger partial charge in [-0.15, -0.1) is 0 Å². The summed E-state index contributed by atoms with van der Waals surface area (Å²) >= 11 is 2.19. The lowest BCUT2D eigenvalue weighted by atomic mass is 10.1. The highest BCUT2D eigenvalue weighted by Crippen LogP contribution is 2.26. The molecular formula is C15H13IN4. The van der Waals surface area contributed by atoms with Crippen LogP contribution in [0.2, 0.25) is 0 Å². The van der Waals surface area contributed by atoms with Gasteiger partial charge in [-0.1, -0.05) is 31.2 Å². The van der Waals surface area contributed by atoms with E-state index in [0.717, 1.165) is 32.2 Å². The molecule has 0 amide bonds. The van der Waals surface area contributed by atoms with Crippen LogP contribution in [-0.2, 0) is 6.42 Å². The molecule has 0 saturated heterocycles. The van der Waals surface area contributed by atoms with Gasteiger partial charge in [-0.3, -0.25) is 4.98 Å². The zero-order valence-electron chi connectivity index (χ0n) is 11.0. The van der Waals surface area contributed by atoms with Gasteiger partial charge in [-0.25, -0.2) is 9.97 Å². The third-order valence-electron chi connectivity index (χ3n) is 3.17. The predicted octanol–water partition coefficient (Wildman–Crippen LogP) is 3.44. The summed E-state index contributed by atoms with van der Waals surface area (Å²) in [7, 11) is 0. The lowest BCUT2D eigenvalue weighted by molar-refractivity contribution is 0.989. The largest absolute Gasteiger partial charge is 0.383 e. The van der Waals surface area contributed by atoms with Gasteiger partial charge in [0.05, 0.1) is 9.26 Å². The van der Waals surface area contributed by atoms with Gasteiger partial charge in [0.1, 0.15) is 11.5 Å². The molecule has 0 atom stereocenters. The van der Waals surface area contributed by atoms with Gasteiger partial charge in [0, 0.05) is 11.6 Å². The van der Waals surface area contributed by atoms with Gasteiger partial charge in [-0.05, 0) is 40.5 Å². The number of benzene rings is 1. The number of anilines is 1. The van der Waals surface area contributed by atoms with Crippen LogP contribution in [0.5, 0.6) is 0 Å². The lowest BCUT2D eigenvalue weighted by Gasteiger charge is -2.09. The highest BCUT2D eigenvalue weighted by molar-refractivity contribution is 14.1. The van der Waals surface area contributed by atoms with E-state index in [1.807, 2.05) is 24.3 Å². The second kappa shape index (κ2) is 5.32. The van der Waals surface area contributed by atoms with Crippen molar-refractivity contribution >= 4 is 39.2 Å². The minimum atomic E-state index is 0.516. The molecule has 0 unspecified atom stereocenters. The summed E-state index contributed by atoms with van der Waals surface area (Å²) in [6.07, 6.45) is 2.60. The van der Waals surface area contributed by atoms with Crippen LogP contribution in [0.25, 0.3) is 22.3 Å². The first-order valence-electron chi connectivity index (χ1n) is 6.36. The topological polar surface area (TPSA) is 64.7 Å². The second-order valence-corrected chi connectivity index (χ2v) is 5.51. The zero-order chi connectivity index (χ0) is 14.1. The minimum Gasteiger partial charge on any atom is -0.383 e. The van der Waals surface area contributed by atoms with Crippen molar-refractivity contribution in [1.82, 2.24) is 15.0 Å². The summed E-state index contributed by atoms with van der Waals surface area (Å²) < 4.78 is 0.925. The summed E-state index contributed by atoms with van der Waals surface area (Å²) in [5.74, 6) is 1.11. The van der Waals surface area contributed by atoms with Crippen molar-refractivity contribution in [2.24, 2.45) is 0 Å². The van der Waals surface area contributed by atoms with Gasteiger partial charge in [0.25, 0.3) is 0 Å². The van der Waals surface area contributed by atoms with Crippen LogP contribution in [-0.4, -0.2) is 15.0 Å². The van der Waals surface area contributed by atoms with E-state index < -0.39 is 0 Å². The van der Waals surface area contributed by atoms with Crippen LogP contribution in [0.15, 0.2) is 36.5 Å². The molecule has 0 radical (unpaired) electrons. The van der Waals surface area contributed by atoms with E-state index in [9.17, 15) is 0 Å². The Balaban J connectivity index is 2.28. The highest BCUT2D eigenvalue weighted by atomic mass is 127. The molecular weight excluding hydrogens is 363 g/mol. The molecule has 3 aromatic rings. The van der Waals surface area contributed by atoms with E-state index in [1.165, 1.54) is 0 Å². The molecule has 0 spiro atoms. The molecule has 2 aromatic heterocycles. The van der Waals surface area contributed by atoms with E-state index in [4.69, 9.17) is 5.73 Å². The monoisotopic (exact) mass is 376 g/mol. The van der Waals surface area contributed by atoms with Gasteiger partial charge in [0.2, 0.25) is 0 Å². The standard InChI is InChI=1S/C15H13IN4/c1-2-11-12(16)14(17)20-15(19-11)13-10-6-4-3-5-9(10)7-8-18-13/h3-8H,2H2,1H3,(H2,17,19,20). The Morgan fingerprint density at radius 1 is 1.15 bits per heavy atom. The highest BCUT2D eigenvalue weighted by Gasteiger charge is 2.13. The maximum atomic E-state index is 5.99. The number of hydrogen-bond donors (Lipinski definition) is 1. The molecule has 1 aromatic carbocycles. The molecule has 0 bridgehead atoms. The first-order valence-corrected chi connectivity index (χ1v) is 7.44. The third-order valence-corrected chi connectivity index (χ3v) is 4.34. The molecule has 20 heavy (non-hydrogen) atoms. The van der Waals surface area contributed by atoms with Crippen molar-refractivity contribution in [1.29, 1.82) is 0 Å². The third kappa shape index (κ3) is 2.22. The first kappa shape index (κ1) is 13.2. The van der Waals surface area contributed by atoms with Crippen LogP contribution in [0.4, 0.5) is 5.82 Å². The smallest absolute Gasteiger partial charge is 0.181 e. The summed E-state index contributed by atoms with van der Waals surface area (Å²) in [6, 6.07) is 10.1. The Labute approximate surface area is 130 Å². The van der Waals surface area contributed by atoms with Crippen LogP contribution in [0, 0.1) is 3.57 Å². The molecule has 2 heterocycles. The van der Waals surface area contributed by atoms with Crippen molar-refractivity contribution in [3.8, 4) is 11.5 Å². The van der Waals surface area contributed by atoms with Gasteiger partial charge in [-0.2, -0.15) is 0 Å². The number of rotatable bonds is 2. The number of halogens is 1. The first-order chi connectivity index (χ1) is 9.70. The zero-order valence-corrected chi connectivity index (χ0v) is 13.1. The Morgan fingerprint density at radius 3 is 2.75 bits per heavy atom. The Bertz CT molecular complexity index is 781. The molecule has 5 heteroatoms. The van der Waals surface area contributed by atoms with Crippen LogP contribution in [0.3, 0.4) is 0 Å². The fraction of sp³-hybridized carbons (Fsp3) is 0.133. The molecule has 100 valence electrons. The number of hydrogen-bond acceptors (Lipinski definition) is 4. The number of nitrogens with zero attached hydrogens (tertiary/aromatic N) is 3. The predicted molar refractivity (Wildman–Crippen MR) is 89.3 cm³/mol. The number of aryl methyl sites for hydroxylation is 1. The van der Waals surface area contributed by atoms with Crippen molar-refractivity contribution in [3.05, 3.63) is 45.8 Å². The second-order valence-electron chi connectivity index (χ2n) is 4.43. The summed E-state index contributed by atoms with van der Waals surface area (Å²) in [5.41, 5.74) is 7.73. The van der Waals surface area contributed by atoms with Crippen molar-refractivity contribution < 1.29 is 0 Å². The molecule has 3 rings (SSSR count). The van der Waals surface area contributed by atoms with Crippen molar-refractivity contribution in [2.45, 2.75) is 13.3 Å². The summed E-state index contributed by atoms with van der Waals surface area (Å²) in [4.78, 5) is 13.4. The molecule has 0 saturated carbocycles. The van der Waals surface area contributed by atoms with E-state index in [0.29, 0.717) is 11.6 Å². The molecule has 4 nitrogen and oxygen atoms in total. The molecule has 0 aliphatic heterocycles. The fourth-order valence-electron chi connectivity index (χ4n) is 2.15. The fourth-order valence-corrected chi connectivity index (χ4v) is 2.77. The van der Waals surface area contributed by atoms with E-state index in [2.05, 4.69) is 50.5 Å². The average molecular weight is 376 g/mol. The molecule has 0 aliphatic rings. The number of nitrogens with two attached hydrogens (primary N) is 1. The van der Waals surface area contributed by atoms with Crippen LogP contribution < -0.4 is 5.73 Å². The van der Waals surface area contributed by atoms with Crippen molar-refractivity contribution in [2.75, 3.05) is 5.73 Å². The number of nitrogen functional groups attached to an aromatic ring is 1. The maximum Gasteiger partial charge on any atom is 0.181 e. The molecule has 0 aliphatic carbocycles. The van der Waals surface area contributed by atoms with Gasteiger partial charge >= 0.3 is 0 Å². The van der Waals surface area contributed by atoms with Crippen LogP contribution >= 0.6 is 22.6 Å². The average Bonchev–Trinajstić information content (AvgIpc) is 2.49. The van der Waals surface area contributed by atoms with Gasteiger partial charge < -0.3 is 5.73 Å². The lowest BCUT2D eigenvalue weighted by Crippen LogP contribution is -2.05. The van der Waals surface area contributed by atoms with Gasteiger partial charge in [0.15, 0.2) is 5.82 Å². The number of aromatic nitrogens is 3. The van der Waals surface area contributed by atoms with Crippen molar-refractivity contribution in [3.63, 3.8) is 0 Å². The Kier molecular flexibility index (Phi) is 3.52. The van der Waals surface area contributed by atoms with E-state index in [1.54, 1.807) is 6.20 Å². The maximum absolute atomic E-state index is 5.99. The summed E-state index contributed by atoms with van der Waals surface area (Å²) in [5, 5.41) is 2.16.